The molecule has 0 atom stereocenters. The van der Waals surface area contributed by atoms with Crippen molar-refractivity contribution in [2.45, 2.75) is 19.9 Å². The molecule has 1 amide bonds. The fourth-order valence-corrected chi connectivity index (χ4v) is 1.83. The van der Waals surface area contributed by atoms with Crippen LogP contribution in [0, 0.1) is 6.92 Å². The number of benzene rings is 1. The number of hydrogen-bond acceptors (Lipinski definition) is 2. The molecule has 0 radical (unpaired) electrons. The first kappa shape index (κ1) is 12.4. The zero-order valence-electron chi connectivity index (χ0n) is 10.7. The van der Waals surface area contributed by atoms with Gasteiger partial charge in [-0.3, -0.25) is 9.89 Å². The summed E-state index contributed by atoms with van der Waals surface area (Å²) in [7, 11) is 1.81. The normalized spacial score (nSPS) is 10.3. The molecule has 1 N–H and O–H groups in total. The van der Waals surface area contributed by atoms with Crippen LogP contribution in [-0.4, -0.2) is 28.1 Å². The van der Waals surface area contributed by atoms with Crippen LogP contribution < -0.4 is 0 Å². The Labute approximate surface area is 107 Å². The van der Waals surface area contributed by atoms with E-state index in [1.165, 1.54) is 0 Å². The van der Waals surface area contributed by atoms with Crippen molar-refractivity contribution in [2.75, 3.05) is 7.05 Å². The number of H-pyrrole nitrogens is 1. The molecule has 0 fully saturated rings. The molecule has 4 nitrogen and oxygen atoms in total. The molecule has 0 bridgehead atoms. The molecule has 0 aliphatic carbocycles. The van der Waals surface area contributed by atoms with Crippen LogP contribution in [0.25, 0.3) is 0 Å². The van der Waals surface area contributed by atoms with Gasteiger partial charge >= 0.3 is 0 Å². The average Bonchev–Trinajstić information content (AvgIpc) is 2.84. The molecule has 1 aromatic heterocycles. The zero-order valence-corrected chi connectivity index (χ0v) is 10.7. The summed E-state index contributed by atoms with van der Waals surface area (Å²) in [5.41, 5.74) is 3.25. The molecule has 1 heterocycles. The minimum absolute atomic E-state index is 0.116. The Morgan fingerprint density at radius 2 is 2.17 bits per heavy atom. The summed E-state index contributed by atoms with van der Waals surface area (Å²) in [4.78, 5) is 13.8. The molecule has 0 saturated carbocycles. The first-order valence-electron chi connectivity index (χ1n) is 5.93. The lowest BCUT2D eigenvalue weighted by molar-refractivity contribution is -0.129. The maximum atomic E-state index is 12.1. The quantitative estimate of drug-likeness (QED) is 0.891. The summed E-state index contributed by atoms with van der Waals surface area (Å²) >= 11 is 0. The third kappa shape index (κ3) is 2.97. The fourth-order valence-electron chi connectivity index (χ4n) is 1.83. The van der Waals surface area contributed by atoms with Crippen molar-refractivity contribution in [2.24, 2.45) is 0 Å². The minimum Gasteiger partial charge on any atom is -0.341 e. The summed E-state index contributed by atoms with van der Waals surface area (Å²) in [5, 5.41) is 6.61. The van der Waals surface area contributed by atoms with Crippen LogP contribution in [0.4, 0.5) is 0 Å². The smallest absolute Gasteiger partial charge is 0.227 e. The molecule has 94 valence electrons. The molecule has 0 spiro atoms. The zero-order chi connectivity index (χ0) is 13.0. The summed E-state index contributed by atoms with van der Waals surface area (Å²) in [5.74, 6) is 0.116. The maximum Gasteiger partial charge on any atom is 0.227 e. The number of carbonyl (C=O) groups is 1. The number of hydrogen-bond donors (Lipinski definition) is 1. The summed E-state index contributed by atoms with van der Waals surface area (Å²) in [6.45, 7) is 2.61. The van der Waals surface area contributed by atoms with E-state index in [1.54, 1.807) is 17.3 Å². The SMILES string of the molecule is Cc1ccccc1CC(=O)N(C)Cc1cn[nH]c1. The average molecular weight is 243 g/mol. The predicted molar refractivity (Wildman–Crippen MR) is 69.9 cm³/mol. The lowest BCUT2D eigenvalue weighted by atomic mass is 10.1. The van der Waals surface area contributed by atoms with E-state index in [2.05, 4.69) is 10.2 Å². The van der Waals surface area contributed by atoms with Crippen molar-refractivity contribution >= 4 is 5.91 Å². The summed E-state index contributed by atoms with van der Waals surface area (Å²) in [6, 6.07) is 7.97. The lowest BCUT2D eigenvalue weighted by Crippen LogP contribution is -2.27. The second-order valence-corrected chi connectivity index (χ2v) is 4.46. The van der Waals surface area contributed by atoms with Crippen molar-refractivity contribution < 1.29 is 4.79 Å². The van der Waals surface area contributed by atoms with Gasteiger partial charge in [-0.15, -0.1) is 0 Å². The van der Waals surface area contributed by atoms with Gasteiger partial charge in [0.25, 0.3) is 0 Å². The van der Waals surface area contributed by atoms with Crippen LogP contribution in [0.3, 0.4) is 0 Å². The highest BCUT2D eigenvalue weighted by Gasteiger charge is 2.11. The Morgan fingerprint density at radius 1 is 1.39 bits per heavy atom. The topological polar surface area (TPSA) is 49.0 Å². The van der Waals surface area contributed by atoms with Crippen LogP contribution in [0.15, 0.2) is 36.7 Å². The number of likely N-dealkylation sites (N-methyl/N-ethyl adjacent to an activating group) is 1. The van der Waals surface area contributed by atoms with Gasteiger partial charge in [-0.1, -0.05) is 24.3 Å². The van der Waals surface area contributed by atoms with Gasteiger partial charge in [-0.2, -0.15) is 5.10 Å². The molecule has 0 aliphatic rings. The first-order chi connectivity index (χ1) is 8.66. The van der Waals surface area contributed by atoms with Crippen molar-refractivity contribution in [1.29, 1.82) is 0 Å². The van der Waals surface area contributed by atoms with Gasteiger partial charge in [0.15, 0.2) is 0 Å². The minimum atomic E-state index is 0.116. The highest BCUT2D eigenvalue weighted by molar-refractivity contribution is 5.78. The van der Waals surface area contributed by atoms with Gasteiger partial charge in [-0.05, 0) is 18.1 Å². The summed E-state index contributed by atoms with van der Waals surface area (Å²) < 4.78 is 0. The number of aromatic amines is 1. The molecular weight excluding hydrogens is 226 g/mol. The van der Waals surface area contributed by atoms with Gasteiger partial charge < -0.3 is 4.90 Å². The molecule has 0 unspecified atom stereocenters. The molecule has 0 saturated heterocycles. The molecular formula is C14H17N3O. The second-order valence-electron chi connectivity index (χ2n) is 4.46. The summed E-state index contributed by atoms with van der Waals surface area (Å²) in [6.07, 6.45) is 3.98. The van der Waals surface area contributed by atoms with E-state index < -0.39 is 0 Å². The van der Waals surface area contributed by atoms with Crippen molar-refractivity contribution in [3.05, 3.63) is 53.3 Å². The molecule has 1 aromatic carbocycles. The maximum absolute atomic E-state index is 12.1. The van der Waals surface area contributed by atoms with Gasteiger partial charge in [0.1, 0.15) is 0 Å². The Balaban J connectivity index is 1.98. The monoisotopic (exact) mass is 243 g/mol. The van der Waals surface area contributed by atoms with Gasteiger partial charge in [0.05, 0.1) is 12.6 Å². The number of aryl methyl sites for hydroxylation is 1. The Bertz CT molecular complexity index is 520. The number of carbonyl (C=O) groups excluding carboxylic acids is 1. The number of nitrogens with zero attached hydrogens (tertiary/aromatic N) is 2. The van der Waals surface area contributed by atoms with E-state index >= 15 is 0 Å². The van der Waals surface area contributed by atoms with Crippen LogP contribution in [0.5, 0.6) is 0 Å². The van der Waals surface area contributed by atoms with Crippen LogP contribution in [0.1, 0.15) is 16.7 Å². The van der Waals surface area contributed by atoms with E-state index in [-0.39, 0.29) is 5.91 Å². The lowest BCUT2D eigenvalue weighted by Gasteiger charge is -2.16. The number of aromatic nitrogens is 2. The Morgan fingerprint density at radius 3 is 2.83 bits per heavy atom. The first-order valence-corrected chi connectivity index (χ1v) is 5.93. The van der Waals surface area contributed by atoms with E-state index in [9.17, 15) is 4.79 Å². The Hall–Kier alpha value is -2.10. The third-order valence-electron chi connectivity index (χ3n) is 3.00. The van der Waals surface area contributed by atoms with Crippen LogP contribution >= 0.6 is 0 Å². The largest absolute Gasteiger partial charge is 0.341 e. The Kier molecular flexibility index (Phi) is 3.77. The van der Waals surface area contributed by atoms with Gasteiger partial charge in [0.2, 0.25) is 5.91 Å². The van der Waals surface area contributed by atoms with Crippen LogP contribution in [-0.2, 0) is 17.8 Å². The number of rotatable bonds is 4. The predicted octanol–water partition coefficient (Wildman–Crippen LogP) is 1.92. The van der Waals surface area contributed by atoms with E-state index in [0.29, 0.717) is 13.0 Å². The molecule has 0 aliphatic heterocycles. The van der Waals surface area contributed by atoms with Crippen molar-refractivity contribution in [3.63, 3.8) is 0 Å². The third-order valence-corrected chi connectivity index (χ3v) is 3.00. The standard InChI is InChI=1S/C14H17N3O/c1-11-5-3-4-6-13(11)7-14(18)17(2)10-12-8-15-16-9-12/h3-6,8-9H,7,10H2,1-2H3,(H,15,16). The molecule has 2 rings (SSSR count). The highest BCUT2D eigenvalue weighted by Crippen LogP contribution is 2.10. The van der Waals surface area contributed by atoms with Gasteiger partial charge in [0, 0.05) is 25.4 Å². The number of nitrogens with one attached hydrogen (secondary N) is 1. The molecule has 4 heteroatoms. The number of amides is 1. The van der Waals surface area contributed by atoms with E-state index in [4.69, 9.17) is 0 Å². The molecule has 18 heavy (non-hydrogen) atoms. The fraction of sp³-hybridized carbons (Fsp3) is 0.286. The van der Waals surface area contributed by atoms with Crippen LogP contribution in [0.2, 0.25) is 0 Å². The molecule has 2 aromatic rings. The second kappa shape index (κ2) is 5.49. The van der Waals surface area contributed by atoms with Crippen molar-refractivity contribution in [3.8, 4) is 0 Å². The van der Waals surface area contributed by atoms with Crippen molar-refractivity contribution in [1.82, 2.24) is 15.1 Å². The van der Waals surface area contributed by atoms with E-state index in [1.807, 2.05) is 38.2 Å². The highest BCUT2D eigenvalue weighted by atomic mass is 16.2. The van der Waals surface area contributed by atoms with Gasteiger partial charge in [-0.25, -0.2) is 0 Å². The van der Waals surface area contributed by atoms with E-state index in [0.717, 1.165) is 16.7 Å².